The molecule has 10 nitrogen and oxygen atoms in total. The Morgan fingerprint density at radius 1 is 1.11 bits per heavy atom. The number of ether oxygens (including phenoxy) is 2. The molecule has 0 spiro atoms. The molecule has 1 amide bonds. The number of esters is 1. The Morgan fingerprint density at radius 2 is 2.00 bits per heavy atom. The van der Waals surface area contributed by atoms with E-state index in [1.165, 1.54) is 5.56 Å². The molecule has 0 saturated carbocycles. The van der Waals surface area contributed by atoms with Gasteiger partial charge in [0, 0.05) is 31.7 Å². The molecule has 4 heterocycles. The first kappa shape index (κ1) is 22.6. The number of morpholine rings is 1. The molecule has 2 saturated heterocycles. The minimum Gasteiger partial charge on any atom is -0.457 e. The van der Waals surface area contributed by atoms with E-state index in [0.717, 1.165) is 60.4 Å². The predicted octanol–water partition coefficient (Wildman–Crippen LogP) is 1.96. The maximum Gasteiger partial charge on any atom is 0.338 e. The van der Waals surface area contributed by atoms with Gasteiger partial charge in [-0.05, 0) is 70.6 Å². The normalized spacial score (nSPS) is 24.9. The van der Waals surface area contributed by atoms with Crippen molar-refractivity contribution in [2.24, 2.45) is 0 Å². The lowest BCUT2D eigenvalue weighted by Crippen LogP contribution is -2.60. The molecule has 0 bridgehead atoms. The molecule has 1 aliphatic carbocycles. The second-order valence-corrected chi connectivity index (χ2v) is 10.4. The number of aryl methyl sites for hydroxylation is 1. The largest absolute Gasteiger partial charge is 0.457 e. The highest BCUT2D eigenvalue weighted by Crippen LogP contribution is 2.37. The van der Waals surface area contributed by atoms with Crippen molar-refractivity contribution in [2.75, 3.05) is 32.8 Å². The molecule has 1 aromatic heterocycles. The van der Waals surface area contributed by atoms with Crippen LogP contribution in [0.2, 0.25) is 0 Å². The number of nitrogens with zero attached hydrogens (tertiary/aromatic N) is 6. The summed E-state index contributed by atoms with van der Waals surface area (Å²) >= 11 is 0. The monoisotopic (exact) mass is 500 g/mol. The molecule has 10 heteroatoms. The lowest BCUT2D eigenvalue weighted by atomic mass is 9.93. The SMILES string of the molecule is Cc1c(C2CN3CCN(C(=O)C4CCc5cc(-n6cnnn6)ccc54)CC3CO2)ccc2c1COC2=O. The first-order valence-electron chi connectivity index (χ1n) is 12.9. The van der Waals surface area contributed by atoms with Crippen LogP contribution in [0, 0.1) is 6.92 Å². The van der Waals surface area contributed by atoms with Crippen LogP contribution in [0.1, 0.15) is 56.6 Å². The Balaban J connectivity index is 1.02. The van der Waals surface area contributed by atoms with Crippen molar-refractivity contribution in [3.63, 3.8) is 0 Å². The summed E-state index contributed by atoms with van der Waals surface area (Å²) in [7, 11) is 0. The maximum absolute atomic E-state index is 13.6. The molecule has 4 aliphatic rings. The van der Waals surface area contributed by atoms with E-state index < -0.39 is 0 Å². The van der Waals surface area contributed by atoms with Crippen LogP contribution >= 0.6 is 0 Å². The zero-order valence-corrected chi connectivity index (χ0v) is 20.7. The van der Waals surface area contributed by atoms with Crippen molar-refractivity contribution in [1.82, 2.24) is 30.0 Å². The molecule has 0 radical (unpaired) electrons. The summed E-state index contributed by atoms with van der Waals surface area (Å²) in [5.41, 5.74) is 7.09. The van der Waals surface area contributed by atoms with Crippen molar-refractivity contribution in [2.45, 2.75) is 44.4 Å². The van der Waals surface area contributed by atoms with Crippen LogP contribution in [0.15, 0.2) is 36.7 Å². The van der Waals surface area contributed by atoms with Gasteiger partial charge in [0.25, 0.3) is 0 Å². The van der Waals surface area contributed by atoms with Crippen molar-refractivity contribution in [3.8, 4) is 5.69 Å². The Kier molecular flexibility index (Phi) is 5.33. The first-order valence-corrected chi connectivity index (χ1v) is 12.9. The third-order valence-electron chi connectivity index (χ3n) is 8.48. The fourth-order valence-electron chi connectivity index (χ4n) is 6.39. The Labute approximate surface area is 214 Å². The van der Waals surface area contributed by atoms with Gasteiger partial charge in [0.15, 0.2) is 0 Å². The van der Waals surface area contributed by atoms with E-state index in [0.29, 0.717) is 25.3 Å². The van der Waals surface area contributed by atoms with Crippen molar-refractivity contribution >= 4 is 11.9 Å². The molecular weight excluding hydrogens is 472 g/mol. The van der Waals surface area contributed by atoms with Gasteiger partial charge in [-0.3, -0.25) is 9.69 Å². The minimum atomic E-state index is -0.243. The highest BCUT2D eigenvalue weighted by Gasteiger charge is 2.39. The van der Waals surface area contributed by atoms with Crippen molar-refractivity contribution < 1.29 is 19.1 Å². The number of amides is 1. The number of benzene rings is 2. The zero-order chi connectivity index (χ0) is 25.1. The van der Waals surface area contributed by atoms with Gasteiger partial charge in [0.2, 0.25) is 5.91 Å². The second kappa shape index (κ2) is 8.74. The summed E-state index contributed by atoms with van der Waals surface area (Å²) in [6.07, 6.45) is 3.25. The third-order valence-corrected chi connectivity index (χ3v) is 8.48. The molecule has 3 unspecified atom stereocenters. The Hall–Kier alpha value is -3.63. The Bertz CT molecular complexity index is 1390. The number of tetrazole rings is 1. The predicted molar refractivity (Wildman–Crippen MR) is 131 cm³/mol. The summed E-state index contributed by atoms with van der Waals surface area (Å²) in [6.45, 7) is 6.00. The van der Waals surface area contributed by atoms with Crippen LogP contribution in [-0.4, -0.2) is 80.7 Å². The number of rotatable bonds is 3. The summed E-state index contributed by atoms with van der Waals surface area (Å²) < 4.78 is 13.2. The van der Waals surface area contributed by atoms with E-state index >= 15 is 0 Å². The van der Waals surface area contributed by atoms with Crippen LogP contribution in [-0.2, 0) is 27.3 Å². The maximum atomic E-state index is 13.6. The van der Waals surface area contributed by atoms with E-state index in [9.17, 15) is 9.59 Å². The molecule has 2 aromatic carbocycles. The van der Waals surface area contributed by atoms with Gasteiger partial charge in [-0.25, -0.2) is 9.48 Å². The molecule has 7 rings (SSSR count). The van der Waals surface area contributed by atoms with Crippen molar-refractivity contribution in [1.29, 1.82) is 0 Å². The summed E-state index contributed by atoms with van der Waals surface area (Å²) in [4.78, 5) is 30.0. The molecule has 190 valence electrons. The summed E-state index contributed by atoms with van der Waals surface area (Å²) in [6, 6.07) is 10.2. The smallest absolute Gasteiger partial charge is 0.338 e. The second-order valence-electron chi connectivity index (χ2n) is 10.4. The van der Waals surface area contributed by atoms with Crippen LogP contribution in [0.25, 0.3) is 5.69 Å². The highest BCUT2D eigenvalue weighted by molar-refractivity contribution is 5.94. The van der Waals surface area contributed by atoms with Crippen LogP contribution in [0.4, 0.5) is 0 Å². The average Bonchev–Trinajstić information content (AvgIpc) is 3.68. The standard InChI is InChI=1S/C27H28N6O4/c1-16-20(6-7-23-24(16)14-37-27(23)35)25-12-31-8-9-32(11-19(31)13-36-25)26(34)22-4-2-17-10-18(3-5-21(17)22)33-15-28-29-30-33/h3,5-7,10,15,19,22,25H,2,4,8-9,11-14H2,1H3. The van der Waals surface area contributed by atoms with Crippen LogP contribution in [0.5, 0.6) is 0 Å². The first-order chi connectivity index (χ1) is 18.1. The number of hydrogen-bond donors (Lipinski definition) is 0. The lowest BCUT2D eigenvalue weighted by Gasteiger charge is -2.46. The molecule has 37 heavy (non-hydrogen) atoms. The quantitative estimate of drug-likeness (QED) is 0.503. The number of cyclic esters (lactones) is 1. The van der Waals surface area contributed by atoms with E-state index in [1.54, 1.807) is 11.0 Å². The summed E-state index contributed by atoms with van der Waals surface area (Å²) in [5.74, 6) is -0.122. The lowest BCUT2D eigenvalue weighted by molar-refractivity contribution is -0.141. The van der Waals surface area contributed by atoms with E-state index in [4.69, 9.17) is 9.47 Å². The van der Waals surface area contributed by atoms with Gasteiger partial charge in [-0.15, -0.1) is 5.10 Å². The van der Waals surface area contributed by atoms with Gasteiger partial charge >= 0.3 is 5.97 Å². The number of piperazine rings is 1. The van der Waals surface area contributed by atoms with Gasteiger partial charge in [-0.2, -0.15) is 0 Å². The molecule has 2 fully saturated rings. The van der Waals surface area contributed by atoms with Gasteiger partial charge in [0.05, 0.1) is 35.9 Å². The number of aromatic nitrogens is 4. The highest BCUT2D eigenvalue weighted by atomic mass is 16.5. The third kappa shape index (κ3) is 3.74. The fraction of sp³-hybridized carbons (Fsp3) is 0.444. The van der Waals surface area contributed by atoms with Crippen molar-refractivity contribution in [3.05, 3.63) is 70.0 Å². The van der Waals surface area contributed by atoms with Crippen LogP contribution in [0.3, 0.4) is 0 Å². The fourth-order valence-corrected chi connectivity index (χ4v) is 6.39. The topological polar surface area (TPSA) is 103 Å². The average molecular weight is 501 g/mol. The Morgan fingerprint density at radius 3 is 2.86 bits per heavy atom. The molecular formula is C27H28N6O4. The van der Waals surface area contributed by atoms with Crippen LogP contribution < -0.4 is 0 Å². The number of fused-ring (bicyclic) bond motifs is 3. The van der Waals surface area contributed by atoms with E-state index in [2.05, 4.69) is 32.6 Å². The summed E-state index contributed by atoms with van der Waals surface area (Å²) in [5, 5.41) is 11.4. The zero-order valence-electron chi connectivity index (χ0n) is 20.7. The number of carbonyl (C=O) groups is 2. The number of hydrogen-bond acceptors (Lipinski definition) is 8. The van der Waals surface area contributed by atoms with E-state index in [-0.39, 0.29) is 29.9 Å². The minimum absolute atomic E-state index is 0.0457. The van der Waals surface area contributed by atoms with Gasteiger partial charge in [-0.1, -0.05) is 12.1 Å². The molecule has 3 aliphatic heterocycles. The molecule has 3 atom stereocenters. The number of carbonyl (C=O) groups excluding carboxylic acids is 2. The van der Waals surface area contributed by atoms with E-state index in [1.807, 2.05) is 30.0 Å². The van der Waals surface area contributed by atoms with Gasteiger partial charge < -0.3 is 14.4 Å². The van der Waals surface area contributed by atoms with Gasteiger partial charge in [0.1, 0.15) is 12.9 Å². The molecule has 3 aromatic rings. The molecule has 0 N–H and O–H groups in total.